The molecular weight excluding hydrogens is 277 g/mol. The zero-order valence-electron chi connectivity index (χ0n) is 11.5. The number of nitrogens with zero attached hydrogens (tertiary/aromatic N) is 1. The first-order valence-electron chi connectivity index (χ1n) is 7.09. The molecule has 21 heavy (non-hydrogen) atoms. The molecule has 0 aliphatic heterocycles. The molecule has 1 heterocycles. The van der Waals surface area contributed by atoms with E-state index in [1.807, 2.05) is 24.3 Å². The van der Waals surface area contributed by atoms with Gasteiger partial charge in [-0.1, -0.05) is 30.7 Å². The van der Waals surface area contributed by atoms with E-state index in [-0.39, 0.29) is 12.8 Å². The van der Waals surface area contributed by atoms with Crippen molar-refractivity contribution in [2.24, 2.45) is 11.7 Å². The van der Waals surface area contributed by atoms with Crippen LogP contribution < -0.4 is 5.73 Å². The van der Waals surface area contributed by atoms with Crippen molar-refractivity contribution < 1.29 is 13.2 Å². The highest BCUT2D eigenvalue weighted by molar-refractivity contribution is 5.85. The third-order valence-electron chi connectivity index (χ3n) is 4.45. The van der Waals surface area contributed by atoms with E-state index in [1.165, 1.54) is 0 Å². The molecule has 3 rings (SSSR count). The summed E-state index contributed by atoms with van der Waals surface area (Å²) in [4.78, 5) is 4.16. The molecule has 2 nitrogen and oxygen atoms in total. The molecule has 0 amide bonds. The van der Waals surface area contributed by atoms with Gasteiger partial charge in [0.15, 0.2) is 0 Å². The molecule has 1 aliphatic carbocycles. The topological polar surface area (TPSA) is 38.9 Å². The molecule has 2 atom stereocenters. The van der Waals surface area contributed by atoms with Crippen molar-refractivity contribution in [2.75, 3.05) is 0 Å². The standard InChI is InChI=1S/C16H17F3N2/c17-16(18,19)12-5-3-7-15(20,8-12)14-10-21-9-11-4-1-2-6-13(11)14/h1-2,4,6,9-10,12H,3,5,7-8,20H2. The lowest BCUT2D eigenvalue weighted by molar-refractivity contribution is -0.187. The van der Waals surface area contributed by atoms with Crippen molar-refractivity contribution in [3.8, 4) is 0 Å². The van der Waals surface area contributed by atoms with Crippen LogP contribution in [0.25, 0.3) is 10.8 Å². The van der Waals surface area contributed by atoms with Gasteiger partial charge in [0.1, 0.15) is 0 Å². The van der Waals surface area contributed by atoms with Crippen LogP contribution in [0.15, 0.2) is 36.7 Å². The first-order valence-corrected chi connectivity index (χ1v) is 7.09. The molecule has 2 aromatic rings. The van der Waals surface area contributed by atoms with Crippen LogP contribution in [-0.4, -0.2) is 11.2 Å². The third kappa shape index (κ3) is 2.62. The molecule has 1 aromatic heterocycles. The van der Waals surface area contributed by atoms with E-state index in [9.17, 15) is 13.2 Å². The largest absolute Gasteiger partial charge is 0.391 e. The van der Waals surface area contributed by atoms with E-state index in [4.69, 9.17) is 5.73 Å². The number of benzene rings is 1. The number of alkyl halides is 3. The van der Waals surface area contributed by atoms with Crippen LogP contribution in [0.3, 0.4) is 0 Å². The number of pyridine rings is 1. The monoisotopic (exact) mass is 294 g/mol. The number of fused-ring (bicyclic) bond motifs is 1. The second-order valence-corrected chi connectivity index (χ2v) is 5.90. The third-order valence-corrected chi connectivity index (χ3v) is 4.45. The fourth-order valence-corrected chi connectivity index (χ4v) is 3.35. The van der Waals surface area contributed by atoms with Gasteiger partial charge >= 0.3 is 6.18 Å². The predicted octanol–water partition coefficient (Wildman–Crippen LogP) is 4.14. The van der Waals surface area contributed by atoms with Crippen LogP contribution >= 0.6 is 0 Å². The van der Waals surface area contributed by atoms with E-state index in [2.05, 4.69) is 4.98 Å². The van der Waals surface area contributed by atoms with Crippen LogP contribution in [0, 0.1) is 5.92 Å². The molecule has 0 saturated heterocycles. The molecule has 1 saturated carbocycles. The Labute approximate surface area is 121 Å². The van der Waals surface area contributed by atoms with Crippen molar-refractivity contribution in [3.63, 3.8) is 0 Å². The molecule has 2 N–H and O–H groups in total. The molecule has 0 spiro atoms. The number of aromatic nitrogens is 1. The van der Waals surface area contributed by atoms with Crippen LogP contribution in [-0.2, 0) is 5.54 Å². The van der Waals surface area contributed by atoms with Crippen molar-refractivity contribution >= 4 is 10.8 Å². The molecule has 1 aliphatic rings. The molecule has 0 radical (unpaired) electrons. The van der Waals surface area contributed by atoms with Crippen LogP contribution in [0.4, 0.5) is 13.2 Å². The summed E-state index contributed by atoms with van der Waals surface area (Å²) in [6, 6.07) is 7.56. The number of hydrogen-bond donors (Lipinski definition) is 1. The Morgan fingerprint density at radius 1 is 1.19 bits per heavy atom. The van der Waals surface area contributed by atoms with Gasteiger partial charge < -0.3 is 5.73 Å². The lowest BCUT2D eigenvalue weighted by Crippen LogP contribution is -2.45. The molecule has 1 fully saturated rings. The first kappa shape index (κ1) is 14.3. The normalized spacial score (nSPS) is 27.0. The average molecular weight is 294 g/mol. The molecule has 2 unspecified atom stereocenters. The quantitative estimate of drug-likeness (QED) is 0.858. The highest BCUT2D eigenvalue weighted by Gasteiger charge is 2.47. The summed E-state index contributed by atoms with van der Waals surface area (Å²) in [7, 11) is 0. The summed E-state index contributed by atoms with van der Waals surface area (Å²) in [5.41, 5.74) is 6.17. The molecule has 1 aromatic carbocycles. The van der Waals surface area contributed by atoms with Gasteiger partial charge in [-0.15, -0.1) is 0 Å². The highest BCUT2D eigenvalue weighted by Crippen LogP contribution is 2.45. The second kappa shape index (κ2) is 4.98. The Morgan fingerprint density at radius 2 is 1.95 bits per heavy atom. The fourth-order valence-electron chi connectivity index (χ4n) is 3.35. The summed E-state index contributed by atoms with van der Waals surface area (Å²) in [6.45, 7) is 0. The maximum atomic E-state index is 13.0. The summed E-state index contributed by atoms with van der Waals surface area (Å²) in [5.74, 6) is -1.32. The van der Waals surface area contributed by atoms with Crippen LogP contribution in [0.2, 0.25) is 0 Å². The summed E-state index contributed by atoms with van der Waals surface area (Å²) in [6.07, 6.45) is 0.322. The second-order valence-electron chi connectivity index (χ2n) is 5.90. The van der Waals surface area contributed by atoms with Gasteiger partial charge in [-0.05, 0) is 30.2 Å². The van der Waals surface area contributed by atoms with E-state index >= 15 is 0 Å². The minimum Gasteiger partial charge on any atom is -0.321 e. The average Bonchev–Trinajstić information content (AvgIpc) is 2.46. The minimum absolute atomic E-state index is 0.0633. The van der Waals surface area contributed by atoms with E-state index in [1.54, 1.807) is 12.4 Å². The lowest BCUT2D eigenvalue weighted by atomic mass is 9.72. The smallest absolute Gasteiger partial charge is 0.321 e. The predicted molar refractivity (Wildman–Crippen MR) is 75.6 cm³/mol. The maximum absolute atomic E-state index is 13.0. The Kier molecular flexibility index (Phi) is 3.40. The SMILES string of the molecule is NC1(c2cncc3ccccc23)CCCC(C(F)(F)F)C1. The van der Waals surface area contributed by atoms with Gasteiger partial charge in [0.2, 0.25) is 0 Å². The van der Waals surface area contributed by atoms with Gasteiger partial charge in [-0.2, -0.15) is 13.2 Å². The van der Waals surface area contributed by atoms with Crippen LogP contribution in [0.5, 0.6) is 0 Å². The van der Waals surface area contributed by atoms with Gasteiger partial charge in [-0.3, -0.25) is 4.98 Å². The Morgan fingerprint density at radius 3 is 2.71 bits per heavy atom. The van der Waals surface area contributed by atoms with E-state index < -0.39 is 17.6 Å². The number of rotatable bonds is 1. The number of hydrogen-bond acceptors (Lipinski definition) is 2. The zero-order chi connectivity index (χ0) is 15.1. The fraction of sp³-hybridized carbons (Fsp3) is 0.438. The van der Waals surface area contributed by atoms with Gasteiger partial charge in [0, 0.05) is 23.3 Å². The maximum Gasteiger partial charge on any atom is 0.391 e. The van der Waals surface area contributed by atoms with Crippen molar-refractivity contribution in [2.45, 2.75) is 37.4 Å². The van der Waals surface area contributed by atoms with Crippen LogP contribution in [0.1, 0.15) is 31.2 Å². The van der Waals surface area contributed by atoms with Crippen molar-refractivity contribution in [3.05, 3.63) is 42.2 Å². The van der Waals surface area contributed by atoms with Crippen molar-refractivity contribution in [1.82, 2.24) is 4.98 Å². The molecule has 5 heteroatoms. The lowest BCUT2D eigenvalue weighted by Gasteiger charge is -2.39. The minimum atomic E-state index is -4.18. The summed E-state index contributed by atoms with van der Waals surface area (Å²) in [5, 5.41) is 1.81. The highest BCUT2D eigenvalue weighted by atomic mass is 19.4. The molecule has 112 valence electrons. The summed E-state index contributed by atoms with van der Waals surface area (Å²) < 4.78 is 39.1. The summed E-state index contributed by atoms with van der Waals surface area (Å²) >= 11 is 0. The van der Waals surface area contributed by atoms with Gasteiger partial charge in [0.25, 0.3) is 0 Å². The van der Waals surface area contributed by atoms with Gasteiger partial charge in [0.05, 0.1) is 5.92 Å². The number of halogens is 3. The first-order chi connectivity index (χ1) is 9.90. The number of nitrogens with two attached hydrogens (primary N) is 1. The Hall–Kier alpha value is -1.62. The molecule has 0 bridgehead atoms. The van der Waals surface area contributed by atoms with E-state index in [0.29, 0.717) is 12.8 Å². The Balaban J connectivity index is 2.04. The Bertz CT molecular complexity index is 648. The zero-order valence-corrected chi connectivity index (χ0v) is 11.5. The van der Waals surface area contributed by atoms with E-state index in [0.717, 1.165) is 16.3 Å². The van der Waals surface area contributed by atoms with Crippen molar-refractivity contribution in [1.29, 1.82) is 0 Å². The molecular formula is C16H17F3N2. The van der Waals surface area contributed by atoms with Gasteiger partial charge in [-0.25, -0.2) is 0 Å².